The SMILES string of the molecule is CCNc1cc(NC(CC)(CC)CO)nc(SC)n1. The lowest BCUT2D eigenvalue weighted by Crippen LogP contribution is -2.41. The summed E-state index contributed by atoms with van der Waals surface area (Å²) in [5, 5.41) is 16.9. The highest BCUT2D eigenvalue weighted by Gasteiger charge is 2.25. The van der Waals surface area contributed by atoms with E-state index in [4.69, 9.17) is 0 Å². The van der Waals surface area contributed by atoms with Crippen LogP contribution in [0.25, 0.3) is 0 Å². The van der Waals surface area contributed by atoms with Crippen LogP contribution in [0.2, 0.25) is 0 Å². The van der Waals surface area contributed by atoms with Crippen molar-refractivity contribution in [1.82, 2.24) is 9.97 Å². The summed E-state index contributed by atoms with van der Waals surface area (Å²) < 4.78 is 0. The second-order valence-corrected chi connectivity index (χ2v) is 5.20. The molecule has 0 amide bonds. The van der Waals surface area contributed by atoms with Crippen LogP contribution in [0.3, 0.4) is 0 Å². The van der Waals surface area contributed by atoms with Gasteiger partial charge in [0.2, 0.25) is 0 Å². The zero-order valence-electron chi connectivity index (χ0n) is 12.2. The molecule has 0 bridgehead atoms. The summed E-state index contributed by atoms with van der Waals surface area (Å²) in [7, 11) is 0. The van der Waals surface area contributed by atoms with Gasteiger partial charge in [0, 0.05) is 12.6 Å². The summed E-state index contributed by atoms with van der Waals surface area (Å²) in [5.74, 6) is 1.57. The average molecular weight is 284 g/mol. The molecule has 0 aliphatic carbocycles. The standard InChI is InChI=1S/C13H24N4OS/c1-5-13(6-2,9-18)17-11-8-10(14-7-3)15-12(16-11)19-4/h8,18H,5-7,9H2,1-4H3,(H2,14,15,16,17). The molecule has 0 aliphatic rings. The minimum Gasteiger partial charge on any atom is -0.394 e. The van der Waals surface area contributed by atoms with E-state index in [0.717, 1.165) is 36.2 Å². The number of aromatic nitrogens is 2. The van der Waals surface area contributed by atoms with Gasteiger partial charge < -0.3 is 15.7 Å². The van der Waals surface area contributed by atoms with Crippen LogP contribution < -0.4 is 10.6 Å². The molecule has 0 atom stereocenters. The molecule has 1 heterocycles. The lowest BCUT2D eigenvalue weighted by atomic mass is 9.94. The molecule has 3 N–H and O–H groups in total. The molecule has 6 heteroatoms. The Labute approximate surface area is 119 Å². The van der Waals surface area contributed by atoms with Crippen LogP contribution in [0, 0.1) is 0 Å². The molecule has 0 spiro atoms. The molecule has 0 aromatic carbocycles. The highest BCUT2D eigenvalue weighted by molar-refractivity contribution is 7.98. The number of aliphatic hydroxyl groups excluding tert-OH is 1. The lowest BCUT2D eigenvalue weighted by Gasteiger charge is -2.31. The van der Waals surface area contributed by atoms with Crippen molar-refractivity contribution in [3.63, 3.8) is 0 Å². The van der Waals surface area contributed by atoms with Crippen LogP contribution in [-0.2, 0) is 0 Å². The Morgan fingerprint density at radius 2 is 1.84 bits per heavy atom. The predicted molar refractivity (Wildman–Crippen MR) is 82.0 cm³/mol. The first kappa shape index (κ1) is 16.0. The molecule has 0 saturated carbocycles. The van der Waals surface area contributed by atoms with Crippen molar-refractivity contribution in [2.75, 3.05) is 30.0 Å². The van der Waals surface area contributed by atoms with E-state index in [9.17, 15) is 5.11 Å². The Morgan fingerprint density at radius 1 is 1.21 bits per heavy atom. The van der Waals surface area contributed by atoms with Gasteiger partial charge in [-0.15, -0.1) is 0 Å². The van der Waals surface area contributed by atoms with E-state index in [0.29, 0.717) is 0 Å². The van der Waals surface area contributed by atoms with E-state index in [1.54, 1.807) is 0 Å². The van der Waals surface area contributed by atoms with Crippen LogP contribution in [0.5, 0.6) is 0 Å². The first-order chi connectivity index (χ1) is 9.12. The van der Waals surface area contributed by atoms with Crippen LogP contribution >= 0.6 is 11.8 Å². The summed E-state index contributed by atoms with van der Waals surface area (Å²) in [6, 6.07) is 1.89. The second-order valence-electron chi connectivity index (χ2n) is 4.43. The molecule has 0 fully saturated rings. The van der Waals surface area contributed by atoms with Gasteiger partial charge in [0.25, 0.3) is 0 Å². The molecule has 0 saturated heterocycles. The fourth-order valence-corrected chi connectivity index (χ4v) is 2.19. The molecule has 0 aliphatic heterocycles. The number of rotatable bonds is 8. The molecule has 1 rings (SSSR count). The number of nitrogens with one attached hydrogen (secondary N) is 2. The van der Waals surface area contributed by atoms with Crippen molar-refractivity contribution in [3.05, 3.63) is 6.07 Å². The van der Waals surface area contributed by atoms with Gasteiger partial charge in [0.15, 0.2) is 5.16 Å². The Kier molecular flexibility index (Phi) is 6.37. The van der Waals surface area contributed by atoms with E-state index < -0.39 is 0 Å². The number of hydrogen-bond donors (Lipinski definition) is 3. The van der Waals surface area contributed by atoms with Crippen molar-refractivity contribution in [2.45, 2.75) is 44.3 Å². The molecule has 1 aromatic heterocycles. The smallest absolute Gasteiger partial charge is 0.191 e. The predicted octanol–water partition coefficient (Wildman–Crippen LogP) is 2.59. The van der Waals surface area contributed by atoms with Crippen molar-refractivity contribution in [2.24, 2.45) is 0 Å². The minimum absolute atomic E-state index is 0.0924. The zero-order chi connectivity index (χ0) is 14.3. The minimum atomic E-state index is -0.312. The summed E-state index contributed by atoms with van der Waals surface area (Å²) in [6.45, 7) is 7.07. The van der Waals surface area contributed by atoms with Gasteiger partial charge in [0.1, 0.15) is 11.6 Å². The first-order valence-corrected chi connectivity index (χ1v) is 7.91. The molecular formula is C13H24N4OS. The van der Waals surface area contributed by atoms with E-state index in [2.05, 4.69) is 34.4 Å². The van der Waals surface area contributed by atoms with Crippen LogP contribution in [0.4, 0.5) is 11.6 Å². The Balaban J connectivity index is 3.01. The van der Waals surface area contributed by atoms with Gasteiger partial charge in [-0.2, -0.15) is 0 Å². The monoisotopic (exact) mass is 284 g/mol. The van der Waals surface area contributed by atoms with E-state index >= 15 is 0 Å². The quantitative estimate of drug-likeness (QED) is 0.503. The number of thioether (sulfide) groups is 1. The van der Waals surface area contributed by atoms with E-state index in [1.165, 1.54) is 11.8 Å². The maximum atomic E-state index is 9.61. The highest BCUT2D eigenvalue weighted by Crippen LogP contribution is 2.24. The zero-order valence-corrected chi connectivity index (χ0v) is 13.0. The highest BCUT2D eigenvalue weighted by atomic mass is 32.2. The molecule has 1 aromatic rings. The van der Waals surface area contributed by atoms with Crippen molar-refractivity contribution in [3.8, 4) is 0 Å². The lowest BCUT2D eigenvalue weighted by molar-refractivity contribution is 0.202. The van der Waals surface area contributed by atoms with Gasteiger partial charge in [-0.05, 0) is 26.0 Å². The second kappa shape index (κ2) is 7.55. The molecule has 108 valence electrons. The van der Waals surface area contributed by atoms with Crippen LogP contribution in [0.15, 0.2) is 11.2 Å². The molecule has 19 heavy (non-hydrogen) atoms. The number of hydrogen-bond acceptors (Lipinski definition) is 6. The number of anilines is 2. The Bertz CT molecular complexity index is 388. The molecule has 0 unspecified atom stereocenters. The van der Waals surface area contributed by atoms with Crippen molar-refractivity contribution < 1.29 is 5.11 Å². The summed E-state index contributed by atoms with van der Waals surface area (Å²) in [5.41, 5.74) is -0.312. The summed E-state index contributed by atoms with van der Waals surface area (Å²) in [4.78, 5) is 8.84. The summed E-state index contributed by atoms with van der Waals surface area (Å²) in [6.07, 6.45) is 3.64. The largest absolute Gasteiger partial charge is 0.394 e. The third-order valence-electron chi connectivity index (χ3n) is 3.30. The van der Waals surface area contributed by atoms with Gasteiger partial charge in [-0.3, -0.25) is 0 Å². The van der Waals surface area contributed by atoms with Crippen molar-refractivity contribution in [1.29, 1.82) is 0 Å². The van der Waals surface area contributed by atoms with Crippen molar-refractivity contribution >= 4 is 23.4 Å². The normalized spacial score (nSPS) is 11.4. The van der Waals surface area contributed by atoms with E-state index in [-0.39, 0.29) is 12.1 Å². The van der Waals surface area contributed by atoms with E-state index in [1.807, 2.05) is 19.2 Å². The van der Waals surface area contributed by atoms with Gasteiger partial charge in [-0.1, -0.05) is 25.6 Å². The summed E-state index contributed by atoms with van der Waals surface area (Å²) >= 11 is 1.51. The fraction of sp³-hybridized carbons (Fsp3) is 0.692. The average Bonchev–Trinajstić information content (AvgIpc) is 2.45. The Hall–Kier alpha value is -1.01. The van der Waals surface area contributed by atoms with Crippen LogP contribution in [-0.4, -0.2) is 40.0 Å². The first-order valence-electron chi connectivity index (χ1n) is 6.69. The van der Waals surface area contributed by atoms with Gasteiger partial charge >= 0.3 is 0 Å². The molecular weight excluding hydrogens is 260 g/mol. The third-order valence-corrected chi connectivity index (χ3v) is 3.84. The fourth-order valence-electron chi connectivity index (χ4n) is 1.81. The van der Waals surface area contributed by atoms with Crippen LogP contribution in [0.1, 0.15) is 33.6 Å². The maximum Gasteiger partial charge on any atom is 0.191 e. The third kappa shape index (κ3) is 4.24. The molecule has 5 nitrogen and oxygen atoms in total. The van der Waals surface area contributed by atoms with Gasteiger partial charge in [-0.25, -0.2) is 9.97 Å². The van der Waals surface area contributed by atoms with Gasteiger partial charge in [0.05, 0.1) is 12.1 Å². The topological polar surface area (TPSA) is 70.1 Å². The number of aliphatic hydroxyl groups is 1. The number of nitrogens with zero attached hydrogens (tertiary/aromatic N) is 2. The Morgan fingerprint density at radius 3 is 2.32 bits per heavy atom. The molecule has 0 radical (unpaired) electrons. The maximum absolute atomic E-state index is 9.61.